The molecule has 0 amide bonds. The topological polar surface area (TPSA) is 139 Å². The molecule has 0 aromatic heterocycles. The summed E-state index contributed by atoms with van der Waals surface area (Å²) in [6.07, 6.45) is -6.11. The number of hydrogen-bond acceptors (Lipinski definition) is 7. The summed E-state index contributed by atoms with van der Waals surface area (Å²) < 4.78 is 0. The number of carbonyl (C=O) groups excluding carboxylic acids is 1. The molecule has 1 aliphatic rings. The van der Waals surface area contributed by atoms with Crippen LogP contribution in [0.15, 0.2) is 24.3 Å². The van der Waals surface area contributed by atoms with Crippen molar-refractivity contribution in [2.24, 2.45) is 0 Å². The number of rotatable bonds is 6. The quantitative estimate of drug-likeness (QED) is 0.237. The summed E-state index contributed by atoms with van der Waals surface area (Å²) in [5, 5.41) is 43.2. The molecular weight excluding hydrogens is 366 g/mol. The zero-order valence-corrected chi connectivity index (χ0v) is 14.9. The fraction of sp³-hybridized carbons (Fsp3) is 0.529. The molecule has 26 heavy (non-hydrogen) atoms. The molecule has 0 fully saturated rings. The second-order valence-corrected chi connectivity index (χ2v) is 6.14. The van der Waals surface area contributed by atoms with Crippen LogP contribution in [-0.2, 0) is 22.4 Å². The summed E-state index contributed by atoms with van der Waals surface area (Å²) in [5.74, 6) is -1.76. The van der Waals surface area contributed by atoms with E-state index < -0.39 is 30.4 Å². The average molecular weight is 390 g/mol. The van der Waals surface area contributed by atoms with Crippen LogP contribution >= 0.6 is 11.6 Å². The van der Waals surface area contributed by atoms with Gasteiger partial charge in [0.2, 0.25) is 0 Å². The Morgan fingerprint density at radius 2 is 1.58 bits per heavy atom. The van der Waals surface area contributed by atoms with Crippen molar-refractivity contribution in [1.82, 2.24) is 4.90 Å². The molecule has 0 radical (unpaired) electrons. The maximum Gasteiger partial charge on any atom is 0.335 e. The van der Waals surface area contributed by atoms with Gasteiger partial charge in [0.1, 0.15) is 18.3 Å². The Morgan fingerprint density at radius 1 is 1.08 bits per heavy atom. The normalized spacial score (nSPS) is 19.0. The largest absolute Gasteiger partial charge is 0.479 e. The maximum atomic E-state index is 10.1. The highest BCUT2D eigenvalue weighted by Gasteiger charge is 2.34. The van der Waals surface area contributed by atoms with Gasteiger partial charge >= 0.3 is 5.97 Å². The first-order chi connectivity index (χ1) is 12.3. The molecule has 2 rings (SSSR count). The first kappa shape index (κ1) is 22.5. The van der Waals surface area contributed by atoms with Gasteiger partial charge in [0.25, 0.3) is 0 Å². The lowest BCUT2D eigenvalue weighted by Gasteiger charge is -2.21. The lowest BCUT2D eigenvalue weighted by Crippen LogP contribution is -2.48. The van der Waals surface area contributed by atoms with Gasteiger partial charge in [0.15, 0.2) is 12.4 Å². The van der Waals surface area contributed by atoms with Gasteiger partial charge in [-0.05, 0) is 24.0 Å². The second kappa shape index (κ2) is 11.2. The SMILES string of the molecule is ClCN1CCc2ccccc2CC1.O=C[C@H](O)[C@@H](O)[C@H](O)[C@H](O)C(=O)O. The van der Waals surface area contributed by atoms with Gasteiger partial charge in [-0.3, -0.25) is 4.90 Å². The van der Waals surface area contributed by atoms with Gasteiger partial charge < -0.3 is 30.3 Å². The van der Waals surface area contributed by atoms with Crippen LogP contribution in [0.2, 0.25) is 0 Å². The van der Waals surface area contributed by atoms with Crippen molar-refractivity contribution >= 4 is 23.9 Å². The highest BCUT2D eigenvalue weighted by molar-refractivity contribution is 6.17. The summed E-state index contributed by atoms with van der Waals surface area (Å²) in [6, 6.07) is 9.36. The Morgan fingerprint density at radius 3 is 1.96 bits per heavy atom. The first-order valence-corrected chi connectivity index (χ1v) is 8.60. The third kappa shape index (κ3) is 6.64. The summed E-state index contributed by atoms with van der Waals surface area (Å²) in [7, 11) is 0. The number of aliphatic hydroxyl groups is 4. The fourth-order valence-corrected chi connectivity index (χ4v) is 2.69. The second-order valence-electron chi connectivity index (χ2n) is 5.90. The molecule has 146 valence electrons. The standard InChI is InChI=1S/C11H14ClN.C6H10O7/c12-9-13-7-5-10-3-1-2-4-11(10)6-8-13;7-1-2(8)3(9)4(10)5(11)6(12)13/h1-4H,5-9H2;1-5,8-11H,(H,12,13)/t;2-,3+,4-,5-/m.0/s1. The molecule has 9 heteroatoms. The van der Waals surface area contributed by atoms with Gasteiger partial charge in [0.05, 0.1) is 6.00 Å². The van der Waals surface area contributed by atoms with Crippen LogP contribution in [0.3, 0.4) is 0 Å². The van der Waals surface area contributed by atoms with E-state index in [-0.39, 0.29) is 6.29 Å². The molecular formula is C17H24ClNO7. The molecule has 0 saturated heterocycles. The van der Waals surface area contributed by atoms with Crippen LogP contribution in [0, 0.1) is 0 Å². The van der Waals surface area contributed by atoms with E-state index in [1.807, 2.05) is 0 Å². The first-order valence-electron chi connectivity index (χ1n) is 8.07. The Kier molecular flexibility index (Phi) is 9.71. The van der Waals surface area contributed by atoms with E-state index in [1.54, 1.807) is 0 Å². The number of aliphatic hydroxyl groups excluding tert-OH is 4. The van der Waals surface area contributed by atoms with Crippen molar-refractivity contribution in [2.45, 2.75) is 37.3 Å². The number of aliphatic carboxylic acids is 1. The zero-order chi connectivity index (χ0) is 19.7. The molecule has 0 spiro atoms. The average Bonchev–Trinajstić information content (AvgIpc) is 2.88. The van der Waals surface area contributed by atoms with E-state index in [9.17, 15) is 9.59 Å². The van der Waals surface area contributed by atoms with E-state index in [1.165, 1.54) is 11.1 Å². The Balaban J connectivity index is 0.000000260. The lowest BCUT2D eigenvalue weighted by molar-refractivity contribution is -0.163. The predicted molar refractivity (Wildman–Crippen MR) is 93.9 cm³/mol. The van der Waals surface area contributed by atoms with Gasteiger partial charge in [-0.1, -0.05) is 24.3 Å². The van der Waals surface area contributed by atoms with Crippen LogP contribution in [0.1, 0.15) is 11.1 Å². The van der Waals surface area contributed by atoms with Crippen molar-refractivity contribution in [3.8, 4) is 0 Å². The van der Waals surface area contributed by atoms with Gasteiger partial charge in [-0.2, -0.15) is 0 Å². The summed E-state index contributed by atoms with van der Waals surface area (Å²) in [4.78, 5) is 22.3. The van der Waals surface area contributed by atoms with E-state index in [4.69, 9.17) is 37.1 Å². The van der Waals surface area contributed by atoms with Crippen molar-refractivity contribution < 1.29 is 35.1 Å². The van der Waals surface area contributed by atoms with Crippen molar-refractivity contribution in [3.05, 3.63) is 35.4 Å². The minimum Gasteiger partial charge on any atom is -0.479 e. The number of halogens is 1. The maximum absolute atomic E-state index is 10.1. The van der Waals surface area contributed by atoms with Crippen molar-refractivity contribution in [1.29, 1.82) is 0 Å². The fourth-order valence-electron chi connectivity index (χ4n) is 2.45. The highest BCUT2D eigenvalue weighted by atomic mass is 35.5. The number of alkyl halides is 1. The number of carboxylic acids is 1. The molecule has 4 atom stereocenters. The Labute approximate surface area is 156 Å². The molecule has 8 nitrogen and oxygen atoms in total. The molecule has 0 unspecified atom stereocenters. The van der Waals surface area contributed by atoms with Crippen LogP contribution in [0.25, 0.3) is 0 Å². The molecule has 0 aliphatic carbocycles. The van der Waals surface area contributed by atoms with Crippen LogP contribution in [0.4, 0.5) is 0 Å². The number of carboxylic acid groups (broad SMARTS) is 1. The molecule has 1 aliphatic heterocycles. The van der Waals surface area contributed by atoms with Crippen LogP contribution < -0.4 is 0 Å². The van der Waals surface area contributed by atoms with Gasteiger partial charge in [-0.25, -0.2) is 4.79 Å². The number of nitrogens with zero attached hydrogens (tertiary/aromatic N) is 1. The lowest BCUT2D eigenvalue weighted by atomic mass is 10.0. The minimum atomic E-state index is -2.25. The van der Waals surface area contributed by atoms with E-state index >= 15 is 0 Å². The van der Waals surface area contributed by atoms with Crippen LogP contribution in [0.5, 0.6) is 0 Å². The zero-order valence-electron chi connectivity index (χ0n) is 14.1. The number of hydrogen-bond donors (Lipinski definition) is 5. The van der Waals surface area contributed by atoms with Gasteiger partial charge in [-0.15, -0.1) is 11.6 Å². The van der Waals surface area contributed by atoms with E-state index in [0.29, 0.717) is 6.00 Å². The summed E-state index contributed by atoms with van der Waals surface area (Å²) in [6.45, 7) is 2.20. The molecule has 0 saturated carbocycles. The van der Waals surface area contributed by atoms with Crippen LogP contribution in [-0.4, -0.2) is 86.2 Å². The molecule has 1 aromatic rings. The molecule has 0 bridgehead atoms. The Bertz CT molecular complexity index is 559. The smallest absolute Gasteiger partial charge is 0.335 e. The number of benzene rings is 1. The van der Waals surface area contributed by atoms with Crippen molar-refractivity contribution in [3.63, 3.8) is 0 Å². The Hall–Kier alpha value is -1.55. The minimum absolute atomic E-state index is 0.0809. The molecule has 1 aromatic carbocycles. The van der Waals surface area contributed by atoms with Gasteiger partial charge in [0, 0.05) is 13.1 Å². The predicted octanol–water partition coefficient (Wildman–Crippen LogP) is -1.00. The van der Waals surface area contributed by atoms with E-state index in [0.717, 1.165) is 25.9 Å². The molecule has 1 heterocycles. The third-order valence-corrected chi connectivity index (χ3v) is 4.44. The molecule has 5 N–H and O–H groups in total. The number of fused-ring (bicyclic) bond motifs is 1. The van der Waals surface area contributed by atoms with E-state index in [2.05, 4.69) is 29.2 Å². The van der Waals surface area contributed by atoms with Crippen molar-refractivity contribution in [2.75, 3.05) is 19.1 Å². The highest BCUT2D eigenvalue weighted by Crippen LogP contribution is 2.15. The summed E-state index contributed by atoms with van der Waals surface area (Å²) >= 11 is 5.82. The monoisotopic (exact) mass is 389 g/mol. The third-order valence-electron chi connectivity index (χ3n) is 4.10. The summed E-state index contributed by atoms with van der Waals surface area (Å²) in [5.41, 5.74) is 2.99. The number of carbonyl (C=O) groups is 2. The number of aldehydes is 1.